The van der Waals surface area contributed by atoms with Crippen molar-refractivity contribution in [1.82, 2.24) is 21.4 Å². The molecule has 5 N–H and O–H groups in total. The zero-order valence-corrected chi connectivity index (χ0v) is 15.7. The molecule has 0 heterocycles. The molecule has 0 aromatic carbocycles. The Morgan fingerprint density at radius 2 is 1.88 bits per heavy atom. The van der Waals surface area contributed by atoms with Crippen LogP contribution in [0.4, 0.5) is 0 Å². The fourth-order valence-electron chi connectivity index (χ4n) is 1.89. The average molecular weight is 376 g/mol. The zero-order valence-electron chi connectivity index (χ0n) is 14.9. The first kappa shape index (κ1) is 23.0. The second kappa shape index (κ2) is 13.3. The number of thioether (sulfide) groups is 1. The summed E-state index contributed by atoms with van der Waals surface area (Å²) >= 11 is 1.37. The van der Waals surface area contributed by atoms with E-state index in [1.807, 2.05) is 0 Å². The first-order valence-corrected chi connectivity index (χ1v) is 9.45. The Kier molecular flexibility index (Phi) is 12.2. The number of hydrogen-bond donors (Lipinski definition) is 5. The molecule has 0 unspecified atom stereocenters. The Balaban J connectivity index is 4.37. The summed E-state index contributed by atoms with van der Waals surface area (Å²) in [6.07, 6.45) is 3.48. The minimum atomic E-state index is -0.830. The predicted octanol–water partition coefficient (Wildman–Crippen LogP) is 0.0824. The van der Waals surface area contributed by atoms with Crippen LogP contribution in [0.1, 0.15) is 33.1 Å². The minimum Gasteiger partial charge on any atom is -0.354 e. The highest BCUT2D eigenvalue weighted by Gasteiger charge is 2.20. The third kappa shape index (κ3) is 13.0. The summed E-state index contributed by atoms with van der Waals surface area (Å²) in [5.74, 6) is -0.143. The molecule has 1 atom stereocenters. The fraction of sp³-hybridized carbons (Fsp3) is 0.786. The highest BCUT2D eigenvalue weighted by atomic mass is 32.2. The van der Waals surface area contributed by atoms with Crippen LogP contribution in [-0.4, -0.2) is 53.9 Å². The quantitative estimate of drug-likeness (QED) is 0.106. The van der Waals surface area contributed by atoms with Gasteiger partial charge in [-0.2, -0.15) is 11.8 Å². The van der Waals surface area contributed by atoms with Gasteiger partial charge in [0.05, 0.1) is 5.75 Å². The Labute approximate surface area is 151 Å². The molecule has 144 valence electrons. The lowest BCUT2D eigenvalue weighted by atomic mass is 10.1. The van der Waals surface area contributed by atoms with Crippen LogP contribution in [0.3, 0.4) is 0 Å². The number of hydrazine groups is 1. The third-order valence-corrected chi connectivity index (χ3v) is 3.67. The summed E-state index contributed by atoms with van der Waals surface area (Å²) in [5.41, 5.74) is 1.68. The molecule has 10 nitrogen and oxygen atoms in total. The van der Waals surface area contributed by atoms with Gasteiger partial charge in [0.2, 0.25) is 11.8 Å². The van der Waals surface area contributed by atoms with Crippen molar-refractivity contribution in [2.24, 2.45) is 5.92 Å². The Bertz CT molecular complexity index is 461. The molecule has 0 aromatic rings. The number of nitrogens with one attached hydrogen (secondary N) is 5. The molecule has 0 bridgehead atoms. The second-order valence-electron chi connectivity index (χ2n) is 5.84. The molecular formula is C14H28N6O4S. The van der Waals surface area contributed by atoms with E-state index in [1.165, 1.54) is 11.8 Å². The topological polar surface area (TPSA) is 149 Å². The zero-order chi connectivity index (χ0) is 19.2. The summed E-state index contributed by atoms with van der Waals surface area (Å²) in [4.78, 5) is 34.2. The van der Waals surface area contributed by atoms with Crippen LogP contribution < -0.4 is 21.4 Å². The van der Waals surface area contributed by atoms with Gasteiger partial charge in [-0.1, -0.05) is 19.3 Å². The van der Waals surface area contributed by atoms with Crippen LogP contribution >= 0.6 is 11.8 Å². The lowest BCUT2D eigenvalue weighted by Crippen LogP contribution is -2.48. The monoisotopic (exact) mass is 376 g/mol. The molecule has 25 heavy (non-hydrogen) atoms. The van der Waals surface area contributed by atoms with Gasteiger partial charge in [0, 0.05) is 13.1 Å². The molecule has 0 spiro atoms. The number of carbonyl (C=O) groups is 2. The molecular weight excluding hydrogens is 348 g/mol. The maximum absolute atomic E-state index is 12.2. The van der Waals surface area contributed by atoms with Gasteiger partial charge in [0.15, 0.2) is 5.03 Å². The number of carbonyl (C=O) groups excluding carboxylic acids is 2. The van der Waals surface area contributed by atoms with Crippen molar-refractivity contribution in [1.29, 1.82) is 5.41 Å². The first-order valence-electron chi connectivity index (χ1n) is 8.05. The van der Waals surface area contributed by atoms with Gasteiger partial charge in [0.25, 0.3) is 5.96 Å². The molecule has 0 aliphatic heterocycles. The molecule has 0 aromatic heterocycles. The van der Waals surface area contributed by atoms with E-state index in [0.29, 0.717) is 25.3 Å². The van der Waals surface area contributed by atoms with E-state index in [-0.39, 0.29) is 24.1 Å². The predicted molar refractivity (Wildman–Crippen MR) is 97.9 cm³/mol. The van der Waals surface area contributed by atoms with Crippen molar-refractivity contribution in [2.45, 2.75) is 39.2 Å². The van der Waals surface area contributed by atoms with Gasteiger partial charge in [-0.25, -0.2) is 10.1 Å². The number of nitro groups is 1. The Morgan fingerprint density at radius 1 is 1.20 bits per heavy atom. The summed E-state index contributed by atoms with van der Waals surface area (Å²) in [7, 11) is 0. The van der Waals surface area contributed by atoms with E-state index < -0.39 is 17.0 Å². The molecule has 0 fully saturated rings. The standard InChI is InChI=1S/C14H28N6O4S/c1-10(2)6-8-16-13(22)11(18-12(21)9-25-3)5-4-7-17-14(15)19-20(23)24/h10-11H,4-9H2,1-3H3,(H,16,22)(H,18,21)(H3,15,17,19)/t11-/m0/s1. The number of guanidine groups is 1. The van der Waals surface area contributed by atoms with E-state index >= 15 is 0 Å². The van der Waals surface area contributed by atoms with Crippen LogP contribution in [0, 0.1) is 21.4 Å². The van der Waals surface area contributed by atoms with E-state index in [4.69, 9.17) is 5.41 Å². The van der Waals surface area contributed by atoms with Crippen LogP contribution in [-0.2, 0) is 9.59 Å². The molecule has 0 rings (SSSR count). The lowest BCUT2D eigenvalue weighted by Gasteiger charge is -2.19. The maximum Gasteiger partial charge on any atom is 0.251 e. The molecule has 2 amide bonds. The van der Waals surface area contributed by atoms with Crippen molar-refractivity contribution in [3.63, 3.8) is 0 Å². The molecule has 0 saturated carbocycles. The number of rotatable bonds is 12. The molecule has 0 aliphatic carbocycles. The van der Waals surface area contributed by atoms with E-state index in [2.05, 4.69) is 29.8 Å². The van der Waals surface area contributed by atoms with Crippen molar-refractivity contribution in [3.05, 3.63) is 10.1 Å². The van der Waals surface area contributed by atoms with E-state index in [1.54, 1.807) is 11.7 Å². The summed E-state index contributed by atoms with van der Waals surface area (Å²) < 4.78 is 0. The highest BCUT2D eigenvalue weighted by Crippen LogP contribution is 2.01. The average Bonchev–Trinajstić information content (AvgIpc) is 2.49. The summed E-state index contributed by atoms with van der Waals surface area (Å²) in [6.45, 7) is 4.93. The normalized spacial score (nSPS) is 11.5. The molecule has 11 heteroatoms. The first-order chi connectivity index (χ1) is 11.8. The number of hydrogen-bond acceptors (Lipinski definition) is 6. The molecule has 0 radical (unpaired) electrons. The second-order valence-corrected chi connectivity index (χ2v) is 6.71. The van der Waals surface area contributed by atoms with Crippen LogP contribution in [0.2, 0.25) is 0 Å². The lowest BCUT2D eigenvalue weighted by molar-refractivity contribution is -0.525. The van der Waals surface area contributed by atoms with Crippen LogP contribution in [0.15, 0.2) is 0 Å². The molecule has 0 saturated heterocycles. The maximum atomic E-state index is 12.2. The van der Waals surface area contributed by atoms with Gasteiger partial charge in [-0.05, 0) is 31.4 Å². The summed E-state index contributed by atoms with van der Waals surface area (Å²) in [5, 5.41) is 24.7. The SMILES string of the molecule is CSCC(=O)N[C@@H](CCCNC(=N)N[N+](=O)[O-])C(=O)NCCC(C)C. The van der Waals surface area contributed by atoms with Gasteiger partial charge in [-0.15, -0.1) is 0 Å². The molecule has 0 aliphatic rings. The third-order valence-electron chi connectivity index (χ3n) is 3.12. The number of amides is 2. The van der Waals surface area contributed by atoms with Crippen molar-refractivity contribution in [2.75, 3.05) is 25.1 Å². The van der Waals surface area contributed by atoms with Crippen LogP contribution in [0.5, 0.6) is 0 Å². The van der Waals surface area contributed by atoms with Crippen LogP contribution in [0.25, 0.3) is 0 Å². The smallest absolute Gasteiger partial charge is 0.251 e. The Morgan fingerprint density at radius 3 is 2.44 bits per heavy atom. The van der Waals surface area contributed by atoms with Gasteiger partial charge < -0.3 is 16.0 Å². The highest BCUT2D eigenvalue weighted by molar-refractivity contribution is 7.99. The number of nitrogens with zero attached hydrogens (tertiary/aromatic N) is 1. The van der Waals surface area contributed by atoms with E-state index in [9.17, 15) is 19.7 Å². The van der Waals surface area contributed by atoms with E-state index in [0.717, 1.165) is 6.42 Å². The largest absolute Gasteiger partial charge is 0.354 e. The van der Waals surface area contributed by atoms with Crippen molar-refractivity contribution >= 4 is 29.5 Å². The Hall–Kier alpha value is -2.04. The summed E-state index contributed by atoms with van der Waals surface area (Å²) in [6, 6.07) is -0.661. The van der Waals surface area contributed by atoms with Gasteiger partial charge >= 0.3 is 0 Å². The van der Waals surface area contributed by atoms with Gasteiger partial charge in [0.1, 0.15) is 6.04 Å². The van der Waals surface area contributed by atoms with Crippen molar-refractivity contribution in [3.8, 4) is 0 Å². The van der Waals surface area contributed by atoms with Gasteiger partial charge in [-0.3, -0.25) is 15.0 Å². The minimum absolute atomic E-state index is 0.216. The fourth-order valence-corrected chi connectivity index (χ4v) is 2.24. The van der Waals surface area contributed by atoms with Crippen molar-refractivity contribution < 1.29 is 14.6 Å².